The number of nitrogens with one attached hydrogen (secondary N) is 2. The van der Waals surface area contributed by atoms with Gasteiger partial charge in [-0.2, -0.15) is 0 Å². The highest BCUT2D eigenvalue weighted by molar-refractivity contribution is 5.93. The SMILES string of the molecule is CC(=O)NCCOc1ccc(NC(=O)C2CCCN(c3ccc(-c4ccco4)nn3)C2)cc1. The molecule has 2 amide bonds. The maximum absolute atomic E-state index is 12.9. The first kappa shape index (κ1) is 22.3. The minimum atomic E-state index is -0.140. The van der Waals surface area contributed by atoms with E-state index >= 15 is 0 Å². The number of carbonyl (C=O) groups excluding carboxylic acids is 2. The summed E-state index contributed by atoms with van der Waals surface area (Å²) in [5.41, 5.74) is 1.39. The number of amides is 2. The summed E-state index contributed by atoms with van der Waals surface area (Å²) in [6.07, 6.45) is 3.33. The van der Waals surface area contributed by atoms with E-state index in [1.807, 2.05) is 36.4 Å². The van der Waals surface area contributed by atoms with E-state index in [0.717, 1.165) is 25.2 Å². The summed E-state index contributed by atoms with van der Waals surface area (Å²) in [6.45, 7) is 3.72. The van der Waals surface area contributed by atoms with Gasteiger partial charge in [0.1, 0.15) is 18.1 Å². The van der Waals surface area contributed by atoms with Crippen molar-refractivity contribution in [3.63, 3.8) is 0 Å². The number of hydrogen-bond donors (Lipinski definition) is 2. The van der Waals surface area contributed by atoms with Crippen LogP contribution in [0.25, 0.3) is 11.5 Å². The highest BCUT2D eigenvalue weighted by Gasteiger charge is 2.27. The topological polar surface area (TPSA) is 110 Å². The van der Waals surface area contributed by atoms with Crippen molar-refractivity contribution in [2.45, 2.75) is 19.8 Å². The summed E-state index contributed by atoms with van der Waals surface area (Å²) in [6, 6.07) is 14.7. The van der Waals surface area contributed by atoms with Crippen molar-refractivity contribution in [1.29, 1.82) is 0 Å². The summed E-state index contributed by atoms with van der Waals surface area (Å²) in [7, 11) is 0. The Morgan fingerprint density at radius 1 is 1.15 bits per heavy atom. The van der Waals surface area contributed by atoms with E-state index in [9.17, 15) is 9.59 Å². The minimum absolute atomic E-state index is 0.0146. The van der Waals surface area contributed by atoms with Gasteiger partial charge in [0, 0.05) is 25.7 Å². The standard InChI is InChI=1S/C24H27N5O4/c1-17(30)25-12-15-32-20-8-6-19(7-9-20)26-24(31)18-4-2-13-29(16-18)23-11-10-21(27-28-23)22-5-3-14-33-22/h3,5-11,14,18H,2,4,12-13,15-16H2,1H3,(H,25,30)(H,26,31). The van der Waals surface area contributed by atoms with Crippen LogP contribution in [0.4, 0.5) is 11.5 Å². The lowest BCUT2D eigenvalue weighted by Gasteiger charge is -2.32. The van der Waals surface area contributed by atoms with Crippen LogP contribution in [-0.4, -0.2) is 48.3 Å². The van der Waals surface area contributed by atoms with E-state index in [4.69, 9.17) is 9.15 Å². The largest absolute Gasteiger partial charge is 0.492 e. The zero-order valence-electron chi connectivity index (χ0n) is 18.5. The van der Waals surface area contributed by atoms with E-state index in [-0.39, 0.29) is 17.7 Å². The lowest BCUT2D eigenvalue weighted by Crippen LogP contribution is -2.41. The van der Waals surface area contributed by atoms with E-state index in [1.165, 1.54) is 6.92 Å². The number of anilines is 2. The Bertz CT molecular complexity index is 1050. The third kappa shape index (κ3) is 6.09. The fourth-order valence-corrected chi connectivity index (χ4v) is 3.72. The molecule has 1 aliphatic rings. The molecule has 4 rings (SSSR count). The van der Waals surface area contributed by atoms with Crippen LogP contribution in [-0.2, 0) is 9.59 Å². The smallest absolute Gasteiger partial charge is 0.229 e. The second kappa shape index (κ2) is 10.6. The first-order valence-electron chi connectivity index (χ1n) is 11.0. The molecular formula is C24H27N5O4. The second-order valence-corrected chi connectivity index (χ2v) is 7.88. The highest BCUT2D eigenvalue weighted by atomic mass is 16.5. The van der Waals surface area contributed by atoms with Gasteiger partial charge in [0.2, 0.25) is 11.8 Å². The molecule has 2 aromatic heterocycles. The Balaban J connectivity index is 1.29. The molecule has 2 N–H and O–H groups in total. The number of aromatic nitrogens is 2. The van der Waals surface area contributed by atoms with Crippen LogP contribution in [0, 0.1) is 5.92 Å². The Morgan fingerprint density at radius 3 is 2.70 bits per heavy atom. The van der Waals surface area contributed by atoms with Crippen LogP contribution in [0.5, 0.6) is 5.75 Å². The van der Waals surface area contributed by atoms with Crippen molar-refractivity contribution in [1.82, 2.24) is 15.5 Å². The second-order valence-electron chi connectivity index (χ2n) is 7.88. The van der Waals surface area contributed by atoms with Crippen molar-refractivity contribution in [3.05, 3.63) is 54.8 Å². The molecule has 1 saturated heterocycles. The van der Waals surface area contributed by atoms with Gasteiger partial charge in [-0.25, -0.2) is 0 Å². The molecule has 1 aliphatic heterocycles. The number of nitrogens with zero attached hydrogens (tertiary/aromatic N) is 3. The molecule has 3 aromatic rings. The molecule has 9 heteroatoms. The Hall–Kier alpha value is -3.88. The minimum Gasteiger partial charge on any atom is -0.492 e. The van der Waals surface area contributed by atoms with Crippen LogP contribution in [0.3, 0.4) is 0 Å². The summed E-state index contributed by atoms with van der Waals surface area (Å²) >= 11 is 0. The van der Waals surface area contributed by atoms with Gasteiger partial charge in [-0.15, -0.1) is 10.2 Å². The molecule has 1 atom stereocenters. The summed E-state index contributed by atoms with van der Waals surface area (Å²) in [4.78, 5) is 25.8. The molecule has 1 aromatic carbocycles. The average molecular weight is 450 g/mol. The summed E-state index contributed by atoms with van der Waals surface area (Å²) < 4.78 is 10.9. The molecule has 0 spiro atoms. The van der Waals surface area contributed by atoms with Crippen molar-refractivity contribution < 1.29 is 18.7 Å². The fourth-order valence-electron chi connectivity index (χ4n) is 3.72. The van der Waals surface area contributed by atoms with Crippen molar-refractivity contribution in [3.8, 4) is 17.2 Å². The zero-order chi connectivity index (χ0) is 23.0. The third-order valence-corrected chi connectivity index (χ3v) is 5.41. The molecule has 33 heavy (non-hydrogen) atoms. The number of furan rings is 1. The molecule has 0 bridgehead atoms. The van der Waals surface area contributed by atoms with Gasteiger partial charge in [-0.05, 0) is 61.4 Å². The van der Waals surface area contributed by atoms with Crippen molar-refractivity contribution >= 4 is 23.3 Å². The maximum atomic E-state index is 12.9. The number of ether oxygens (including phenoxy) is 1. The molecule has 0 radical (unpaired) electrons. The first-order chi connectivity index (χ1) is 16.1. The van der Waals surface area contributed by atoms with Crippen LogP contribution < -0.4 is 20.3 Å². The van der Waals surface area contributed by atoms with Gasteiger partial charge in [-0.3, -0.25) is 9.59 Å². The van der Waals surface area contributed by atoms with Crippen molar-refractivity contribution in [2.24, 2.45) is 5.92 Å². The lowest BCUT2D eigenvalue weighted by molar-refractivity contribution is -0.120. The maximum Gasteiger partial charge on any atom is 0.229 e. The van der Waals surface area contributed by atoms with Crippen LogP contribution in [0.15, 0.2) is 59.2 Å². The number of carbonyl (C=O) groups is 2. The third-order valence-electron chi connectivity index (χ3n) is 5.41. The Labute approximate surface area is 192 Å². The molecule has 9 nitrogen and oxygen atoms in total. The molecular weight excluding hydrogens is 422 g/mol. The van der Waals surface area contributed by atoms with Crippen LogP contribution in [0.1, 0.15) is 19.8 Å². The Kier molecular flexibility index (Phi) is 7.19. The van der Waals surface area contributed by atoms with Gasteiger partial charge in [0.05, 0.1) is 18.7 Å². The summed E-state index contributed by atoms with van der Waals surface area (Å²) in [5, 5.41) is 14.3. The van der Waals surface area contributed by atoms with E-state index in [0.29, 0.717) is 42.6 Å². The van der Waals surface area contributed by atoms with Gasteiger partial charge < -0.3 is 24.7 Å². The molecule has 1 fully saturated rings. The number of hydrogen-bond acceptors (Lipinski definition) is 7. The molecule has 0 aliphatic carbocycles. The van der Waals surface area contributed by atoms with Crippen LogP contribution in [0.2, 0.25) is 0 Å². The van der Waals surface area contributed by atoms with Gasteiger partial charge in [0.25, 0.3) is 0 Å². The van der Waals surface area contributed by atoms with E-state index < -0.39 is 0 Å². The molecule has 1 unspecified atom stereocenters. The Morgan fingerprint density at radius 2 is 2.00 bits per heavy atom. The van der Waals surface area contributed by atoms with Gasteiger partial charge >= 0.3 is 0 Å². The van der Waals surface area contributed by atoms with Crippen LogP contribution >= 0.6 is 0 Å². The first-order valence-corrected chi connectivity index (χ1v) is 11.0. The number of piperidine rings is 1. The zero-order valence-corrected chi connectivity index (χ0v) is 18.5. The summed E-state index contributed by atoms with van der Waals surface area (Å²) in [5.74, 6) is 1.87. The lowest BCUT2D eigenvalue weighted by atomic mass is 9.97. The number of rotatable bonds is 8. The van der Waals surface area contributed by atoms with Gasteiger partial charge in [-0.1, -0.05) is 0 Å². The fraction of sp³-hybridized carbons (Fsp3) is 0.333. The average Bonchev–Trinajstić information content (AvgIpc) is 3.38. The molecule has 172 valence electrons. The van der Waals surface area contributed by atoms with E-state index in [1.54, 1.807) is 18.4 Å². The molecule has 3 heterocycles. The predicted molar refractivity (Wildman–Crippen MR) is 124 cm³/mol. The van der Waals surface area contributed by atoms with Crippen molar-refractivity contribution in [2.75, 3.05) is 36.5 Å². The predicted octanol–water partition coefficient (Wildman–Crippen LogP) is 3.11. The quantitative estimate of drug-likeness (QED) is 0.509. The normalized spacial score (nSPS) is 15.7. The highest BCUT2D eigenvalue weighted by Crippen LogP contribution is 2.25. The van der Waals surface area contributed by atoms with Gasteiger partial charge in [0.15, 0.2) is 11.6 Å². The molecule has 0 saturated carbocycles. The monoisotopic (exact) mass is 449 g/mol. The van der Waals surface area contributed by atoms with E-state index in [2.05, 4.69) is 25.7 Å². The number of benzene rings is 1.